The van der Waals surface area contributed by atoms with Gasteiger partial charge < -0.3 is 14.6 Å². The van der Waals surface area contributed by atoms with E-state index in [-0.39, 0.29) is 19.2 Å². The Balaban J connectivity index is 1.31. The van der Waals surface area contributed by atoms with Gasteiger partial charge in [0.2, 0.25) is 5.82 Å². The van der Waals surface area contributed by atoms with Crippen LogP contribution >= 0.6 is 27.3 Å². The van der Waals surface area contributed by atoms with Gasteiger partial charge in [-0.25, -0.2) is 9.59 Å². The van der Waals surface area contributed by atoms with E-state index in [0.717, 1.165) is 61.8 Å². The van der Waals surface area contributed by atoms with Crippen LogP contribution in [0.2, 0.25) is 0 Å². The molecule has 1 amide bonds. The quantitative estimate of drug-likeness (QED) is 0.212. The van der Waals surface area contributed by atoms with E-state index < -0.39 is 17.8 Å². The molecule has 10 nitrogen and oxygen atoms in total. The average molecular weight is 613 g/mol. The summed E-state index contributed by atoms with van der Waals surface area (Å²) in [5.41, 5.74) is 1.86. The van der Waals surface area contributed by atoms with Gasteiger partial charge >= 0.3 is 12.2 Å². The largest absolute Gasteiger partial charge is 0.506 e. The van der Waals surface area contributed by atoms with E-state index >= 15 is 0 Å². The molecule has 0 spiro atoms. The van der Waals surface area contributed by atoms with Crippen molar-refractivity contribution in [2.75, 3.05) is 6.54 Å². The second kappa shape index (κ2) is 10.6. The normalized spacial score (nSPS) is 16.3. The summed E-state index contributed by atoms with van der Waals surface area (Å²) in [6.45, 7) is 0.445. The predicted molar refractivity (Wildman–Crippen MR) is 148 cm³/mol. The van der Waals surface area contributed by atoms with Crippen molar-refractivity contribution in [2.45, 2.75) is 56.8 Å². The van der Waals surface area contributed by atoms with Crippen molar-refractivity contribution in [1.82, 2.24) is 25.5 Å². The molecule has 0 atom stereocenters. The van der Waals surface area contributed by atoms with Crippen molar-refractivity contribution in [3.05, 3.63) is 52.5 Å². The van der Waals surface area contributed by atoms with Crippen LogP contribution in [0.15, 0.2) is 46.9 Å². The highest BCUT2D eigenvalue weighted by atomic mass is 79.9. The number of nitrogens with one attached hydrogen (secondary N) is 1. The smallest absolute Gasteiger partial charge is 0.450 e. The highest BCUT2D eigenvalue weighted by Crippen LogP contribution is 2.45. The van der Waals surface area contributed by atoms with Crippen LogP contribution < -0.4 is 0 Å². The van der Waals surface area contributed by atoms with E-state index in [1.165, 1.54) is 0 Å². The molecule has 2 aromatic carbocycles. The summed E-state index contributed by atoms with van der Waals surface area (Å²) in [6, 6.07) is 14.0. The lowest BCUT2D eigenvalue weighted by Crippen LogP contribution is -2.46. The van der Waals surface area contributed by atoms with Crippen LogP contribution in [-0.4, -0.2) is 61.1 Å². The fraction of sp³-hybridized carbons (Fsp3) is 0.370. The maximum absolute atomic E-state index is 13.2. The lowest BCUT2D eigenvalue weighted by atomic mass is 10.0. The van der Waals surface area contributed by atoms with Crippen LogP contribution in [-0.2, 0) is 16.0 Å². The van der Waals surface area contributed by atoms with E-state index in [2.05, 4.69) is 42.6 Å². The number of amides is 1. The Kier molecular flexibility index (Phi) is 6.98. The van der Waals surface area contributed by atoms with E-state index in [9.17, 15) is 14.7 Å². The minimum Gasteiger partial charge on any atom is -0.450 e. The standard InChI is InChI=1S/C27H26BrN5O5S/c28-22-20-13-16(7-10-21(20)39-23(22)18-5-1-2-6-19(18)24-29-31-32-30-24)14-33(25(34)37-17-8-9-17)15-27(38-26(35)36)11-3-4-12-27/h1-2,5-7,10,13,17H,3-4,8-9,11-12,14-15H2,(H,35,36)(H,29,30,31,32). The van der Waals surface area contributed by atoms with Gasteiger partial charge in [-0.1, -0.05) is 30.3 Å². The SMILES string of the molecule is O=C(O)OC1(CN(Cc2ccc3sc(-c4ccccc4-c4nn[nH]n4)c(Br)c3c2)C(=O)OC2CC2)CCCC1. The van der Waals surface area contributed by atoms with Crippen molar-refractivity contribution in [1.29, 1.82) is 0 Å². The number of carboxylic acid groups (broad SMARTS) is 1. The Morgan fingerprint density at radius 2 is 1.92 bits per heavy atom. The van der Waals surface area contributed by atoms with E-state index in [4.69, 9.17) is 9.47 Å². The van der Waals surface area contributed by atoms with Gasteiger partial charge in [0, 0.05) is 32.2 Å². The van der Waals surface area contributed by atoms with Crippen LogP contribution in [0, 0.1) is 0 Å². The minimum atomic E-state index is -1.32. The Morgan fingerprint density at radius 3 is 2.62 bits per heavy atom. The fourth-order valence-electron chi connectivity index (χ4n) is 5.19. The van der Waals surface area contributed by atoms with Crippen LogP contribution in [0.1, 0.15) is 44.1 Å². The summed E-state index contributed by atoms with van der Waals surface area (Å²) in [7, 11) is 0. The average Bonchev–Trinajstić information content (AvgIpc) is 3.28. The Labute approximate surface area is 236 Å². The summed E-state index contributed by atoms with van der Waals surface area (Å²) < 4.78 is 13.0. The highest BCUT2D eigenvalue weighted by Gasteiger charge is 2.42. The number of benzene rings is 2. The monoisotopic (exact) mass is 611 g/mol. The molecule has 4 aromatic rings. The predicted octanol–water partition coefficient (Wildman–Crippen LogP) is 6.62. The molecule has 0 bridgehead atoms. The molecule has 12 heteroatoms. The molecule has 2 fully saturated rings. The summed E-state index contributed by atoms with van der Waals surface area (Å²) in [5, 5.41) is 24.9. The number of aromatic nitrogens is 4. The van der Waals surface area contributed by atoms with Crippen molar-refractivity contribution in [3.8, 4) is 21.8 Å². The first kappa shape index (κ1) is 25.8. The van der Waals surface area contributed by atoms with Gasteiger partial charge in [-0.15, -0.1) is 21.5 Å². The molecule has 2 N–H and O–H groups in total. The molecule has 2 heterocycles. The van der Waals surface area contributed by atoms with Gasteiger partial charge in [-0.2, -0.15) is 5.21 Å². The number of aromatic amines is 1. The zero-order valence-electron chi connectivity index (χ0n) is 20.9. The van der Waals surface area contributed by atoms with Gasteiger partial charge in [0.05, 0.1) is 11.4 Å². The number of carbonyl (C=O) groups excluding carboxylic acids is 1. The van der Waals surface area contributed by atoms with Crippen molar-refractivity contribution in [3.63, 3.8) is 0 Å². The van der Waals surface area contributed by atoms with Crippen LogP contribution in [0.25, 0.3) is 31.9 Å². The molecule has 0 radical (unpaired) electrons. The first-order valence-electron chi connectivity index (χ1n) is 12.8. The molecule has 0 unspecified atom stereocenters. The Hall–Kier alpha value is -3.51. The lowest BCUT2D eigenvalue weighted by molar-refractivity contribution is -0.0365. The molecular formula is C27H26BrN5O5S. The van der Waals surface area contributed by atoms with E-state index in [0.29, 0.717) is 18.7 Å². The van der Waals surface area contributed by atoms with Crippen molar-refractivity contribution < 1.29 is 24.2 Å². The summed E-state index contributed by atoms with van der Waals surface area (Å²) in [5.74, 6) is 0.518. The third kappa shape index (κ3) is 5.48. The molecule has 0 aliphatic heterocycles. The van der Waals surface area contributed by atoms with Gasteiger partial charge in [-0.05, 0) is 77.4 Å². The number of hydrogen-bond acceptors (Lipinski definition) is 8. The van der Waals surface area contributed by atoms with Gasteiger partial charge in [0.15, 0.2) is 0 Å². The third-order valence-electron chi connectivity index (χ3n) is 7.17. The second-order valence-electron chi connectivity index (χ2n) is 10.1. The van der Waals surface area contributed by atoms with Crippen LogP contribution in [0.4, 0.5) is 9.59 Å². The van der Waals surface area contributed by atoms with Gasteiger partial charge in [0.1, 0.15) is 11.7 Å². The summed E-state index contributed by atoms with van der Waals surface area (Å²) in [6.07, 6.45) is 2.81. The topological polar surface area (TPSA) is 131 Å². The van der Waals surface area contributed by atoms with Gasteiger partial charge in [-0.3, -0.25) is 4.90 Å². The maximum Gasteiger partial charge on any atom is 0.506 e. The zero-order valence-corrected chi connectivity index (χ0v) is 23.3. The maximum atomic E-state index is 13.2. The van der Waals surface area contributed by atoms with Crippen LogP contribution in [0.5, 0.6) is 0 Å². The minimum absolute atomic E-state index is 0.0600. The molecule has 2 aliphatic carbocycles. The number of nitrogens with zero attached hydrogens (tertiary/aromatic N) is 4. The zero-order chi connectivity index (χ0) is 27.0. The molecule has 2 saturated carbocycles. The third-order valence-corrected chi connectivity index (χ3v) is 9.46. The first-order chi connectivity index (χ1) is 18.9. The van der Waals surface area contributed by atoms with E-state index in [1.54, 1.807) is 16.2 Å². The van der Waals surface area contributed by atoms with Gasteiger partial charge in [0.25, 0.3) is 0 Å². The Morgan fingerprint density at radius 1 is 1.15 bits per heavy atom. The number of H-pyrrole nitrogens is 1. The molecule has 202 valence electrons. The van der Waals surface area contributed by atoms with Crippen molar-refractivity contribution in [2.24, 2.45) is 0 Å². The lowest BCUT2D eigenvalue weighted by Gasteiger charge is -2.33. The number of fused-ring (bicyclic) bond motifs is 1. The first-order valence-corrected chi connectivity index (χ1v) is 14.4. The van der Waals surface area contributed by atoms with Crippen LogP contribution in [0.3, 0.4) is 0 Å². The number of halogens is 1. The number of thiophene rings is 1. The highest BCUT2D eigenvalue weighted by molar-refractivity contribution is 9.10. The number of rotatable bonds is 8. The van der Waals surface area contributed by atoms with E-state index in [1.807, 2.05) is 36.4 Å². The molecule has 6 rings (SSSR count). The molecule has 2 aliphatic rings. The Bertz CT molecular complexity index is 1510. The molecular weight excluding hydrogens is 586 g/mol. The van der Waals surface area contributed by atoms with Crippen molar-refractivity contribution >= 4 is 49.6 Å². The second-order valence-corrected chi connectivity index (χ2v) is 11.9. The number of carbonyl (C=O) groups is 2. The fourth-order valence-corrected chi connectivity index (χ4v) is 7.22. The number of hydrogen-bond donors (Lipinski definition) is 2. The molecule has 39 heavy (non-hydrogen) atoms. The summed E-state index contributed by atoms with van der Waals surface area (Å²) >= 11 is 5.47. The number of ether oxygens (including phenoxy) is 2. The molecule has 2 aromatic heterocycles. The molecule has 0 saturated heterocycles. The number of tetrazole rings is 1. The summed E-state index contributed by atoms with van der Waals surface area (Å²) in [4.78, 5) is 27.3.